The summed E-state index contributed by atoms with van der Waals surface area (Å²) in [6.45, 7) is 0. The van der Waals surface area contributed by atoms with Crippen LogP contribution in [-0.4, -0.2) is 25.0 Å². The smallest absolute Gasteiger partial charge is 0.261 e. The van der Waals surface area contributed by atoms with Crippen molar-refractivity contribution in [3.63, 3.8) is 0 Å². The molecule has 3 aromatic heterocycles. The van der Waals surface area contributed by atoms with Crippen LogP contribution >= 0.6 is 23.2 Å². The van der Waals surface area contributed by atoms with Gasteiger partial charge in [0.2, 0.25) is 0 Å². The van der Waals surface area contributed by atoms with Crippen LogP contribution in [0.1, 0.15) is 0 Å². The van der Waals surface area contributed by atoms with Crippen LogP contribution in [0.4, 0.5) is 0 Å². The maximum Gasteiger partial charge on any atom is 0.261 e. The molecule has 100 valence electrons. The monoisotopic (exact) mass is 308 g/mol. The molecule has 0 saturated heterocycles. The second kappa shape index (κ2) is 4.73. The van der Waals surface area contributed by atoms with Crippen LogP contribution in [0.15, 0.2) is 29.5 Å². The van der Waals surface area contributed by atoms with Gasteiger partial charge in [-0.25, -0.2) is 15.0 Å². The van der Waals surface area contributed by atoms with Gasteiger partial charge in [-0.2, -0.15) is 0 Å². The summed E-state index contributed by atoms with van der Waals surface area (Å²) in [5.41, 5.74) is -0.177. The Hall–Kier alpha value is -2.18. The van der Waals surface area contributed by atoms with Crippen molar-refractivity contribution in [3.8, 4) is 16.9 Å². The zero-order valence-electron chi connectivity index (χ0n) is 9.76. The van der Waals surface area contributed by atoms with Crippen LogP contribution in [0.5, 0.6) is 5.75 Å². The predicted octanol–water partition coefficient (Wildman–Crippen LogP) is 2.39. The molecule has 0 aliphatic carbocycles. The highest BCUT2D eigenvalue weighted by molar-refractivity contribution is 6.38. The SMILES string of the molecule is O=c1[nH]c2nccnc2c(O)c1-c1c(Cl)ccnc1Cl. The molecular weight excluding hydrogens is 303 g/mol. The van der Waals surface area contributed by atoms with Crippen LogP contribution in [0.3, 0.4) is 0 Å². The van der Waals surface area contributed by atoms with Crippen LogP contribution in [0, 0.1) is 0 Å². The quantitative estimate of drug-likeness (QED) is 0.673. The van der Waals surface area contributed by atoms with E-state index in [0.717, 1.165) is 0 Å². The van der Waals surface area contributed by atoms with E-state index in [1.165, 1.54) is 24.7 Å². The summed E-state index contributed by atoms with van der Waals surface area (Å²) in [4.78, 5) is 26.4. The maximum absolute atomic E-state index is 12.1. The van der Waals surface area contributed by atoms with Crippen LogP contribution in [0.25, 0.3) is 22.3 Å². The highest BCUT2D eigenvalue weighted by Crippen LogP contribution is 2.37. The molecule has 0 radical (unpaired) electrons. The number of pyridine rings is 2. The van der Waals surface area contributed by atoms with Crippen molar-refractivity contribution >= 4 is 34.4 Å². The average molecular weight is 309 g/mol. The normalized spacial score (nSPS) is 10.9. The summed E-state index contributed by atoms with van der Waals surface area (Å²) in [6, 6.07) is 1.47. The molecule has 3 rings (SSSR count). The molecule has 0 amide bonds. The van der Waals surface area contributed by atoms with Gasteiger partial charge in [0.15, 0.2) is 11.4 Å². The number of nitrogens with zero attached hydrogens (tertiary/aromatic N) is 3. The van der Waals surface area contributed by atoms with E-state index in [-0.39, 0.29) is 38.2 Å². The number of H-pyrrole nitrogens is 1. The van der Waals surface area contributed by atoms with Gasteiger partial charge >= 0.3 is 0 Å². The number of aromatic nitrogens is 4. The van der Waals surface area contributed by atoms with Gasteiger partial charge in [-0.3, -0.25) is 4.79 Å². The molecule has 0 bridgehead atoms. The Morgan fingerprint density at radius 3 is 2.55 bits per heavy atom. The number of rotatable bonds is 1. The largest absolute Gasteiger partial charge is 0.505 e. The van der Waals surface area contributed by atoms with Gasteiger partial charge in [0.05, 0.1) is 10.6 Å². The Balaban J connectivity index is 2.46. The summed E-state index contributed by atoms with van der Waals surface area (Å²) >= 11 is 12.0. The average Bonchev–Trinajstić information content (AvgIpc) is 2.42. The summed E-state index contributed by atoms with van der Waals surface area (Å²) < 4.78 is 0. The summed E-state index contributed by atoms with van der Waals surface area (Å²) in [6.07, 6.45) is 4.21. The molecule has 8 heteroatoms. The molecule has 0 spiro atoms. The Kier molecular flexibility index (Phi) is 3.04. The lowest BCUT2D eigenvalue weighted by atomic mass is 10.1. The Morgan fingerprint density at radius 1 is 1.05 bits per heavy atom. The van der Waals surface area contributed by atoms with E-state index in [2.05, 4.69) is 19.9 Å². The molecule has 2 N–H and O–H groups in total. The minimum absolute atomic E-state index is 0.0153. The molecule has 6 nitrogen and oxygen atoms in total. The molecule has 0 aliphatic heterocycles. The van der Waals surface area contributed by atoms with Gasteiger partial charge < -0.3 is 10.1 Å². The zero-order valence-corrected chi connectivity index (χ0v) is 11.3. The van der Waals surface area contributed by atoms with Crippen LogP contribution in [-0.2, 0) is 0 Å². The molecule has 0 saturated carbocycles. The first kappa shape index (κ1) is 12.8. The zero-order chi connectivity index (χ0) is 14.3. The van der Waals surface area contributed by atoms with Crippen molar-refractivity contribution in [2.45, 2.75) is 0 Å². The number of fused-ring (bicyclic) bond motifs is 1. The molecular formula is C12H6Cl2N4O2. The Labute approximate surface area is 122 Å². The van der Waals surface area contributed by atoms with E-state index in [1.54, 1.807) is 0 Å². The van der Waals surface area contributed by atoms with Crippen molar-refractivity contribution in [1.29, 1.82) is 0 Å². The van der Waals surface area contributed by atoms with E-state index in [0.29, 0.717) is 0 Å². The Bertz CT molecular complexity index is 859. The van der Waals surface area contributed by atoms with E-state index in [1.807, 2.05) is 0 Å². The number of nitrogens with one attached hydrogen (secondary N) is 1. The molecule has 0 fully saturated rings. The van der Waals surface area contributed by atoms with Gasteiger partial charge in [-0.1, -0.05) is 23.2 Å². The number of hydrogen-bond acceptors (Lipinski definition) is 5. The highest BCUT2D eigenvalue weighted by Gasteiger charge is 2.20. The fourth-order valence-electron chi connectivity index (χ4n) is 1.87. The van der Waals surface area contributed by atoms with Crippen LogP contribution < -0.4 is 5.56 Å². The summed E-state index contributed by atoms with van der Waals surface area (Å²) in [5, 5.41) is 10.5. The van der Waals surface area contributed by atoms with Gasteiger partial charge in [0.25, 0.3) is 5.56 Å². The second-order valence-corrected chi connectivity index (χ2v) is 4.66. The fraction of sp³-hybridized carbons (Fsp3) is 0. The number of aromatic amines is 1. The van der Waals surface area contributed by atoms with Crippen LogP contribution in [0.2, 0.25) is 10.2 Å². The van der Waals surface area contributed by atoms with E-state index >= 15 is 0 Å². The predicted molar refractivity (Wildman–Crippen MR) is 75.1 cm³/mol. The second-order valence-electron chi connectivity index (χ2n) is 3.89. The van der Waals surface area contributed by atoms with Gasteiger partial charge in [-0.15, -0.1) is 0 Å². The standard InChI is InChI=1S/C12H6Cl2N4O2/c13-5-1-2-16-10(14)6(5)7-9(19)8-11(18-12(7)20)17-4-3-15-8/h1-4H,(H2,17,18,19,20). The first-order valence-corrected chi connectivity index (χ1v) is 6.21. The minimum Gasteiger partial charge on any atom is -0.505 e. The van der Waals surface area contributed by atoms with E-state index < -0.39 is 5.56 Å². The molecule has 0 unspecified atom stereocenters. The number of aromatic hydroxyl groups is 1. The summed E-state index contributed by atoms with van der Waals surface area (Å²) in [5.74, 6) is -0.339. The lowest BCUT2D eigenvalue weighted by Crippen LogP contribution is -2.11. The van der Waals surface area contributed by atoms with Crippen molar-refractivity contribution in [1.82, 2.24) is 19.9 Å². The lowest BCUT2D eigenvalue weighted by molar-refractivity contribution is 0.481. The maximum atomic E-state index is 12.1. The first-order chi connectivity index (χ1) is 9.59. The van der Waals surface area contributed by atoms with Crippen molar-refractivity contribution < 1.29 is 5.11 Å². The third-order valence-electron chi connectivity index (χ3n) is 2.72. The third kappa shape index (κ3) is 1.90. The molecule has 0 aliphatic rings. The fourth-order valence-corrected chi connectivity index (χ4v) is 2.41. The number of hydrogen-bond donors (Lipinski definition) is 2. The lowest BCUT2D eigenvalue weighted by Gasteiger charge is -2.08. The summed E-state index contributed by atoms with van der Waals surface area (Å²) in [7, 11) is 0. The van der Waals surface area contributed by atoms with Gasteiger partial charge in [0, 0.05) is 24.2 Å². The van der Waals surface area contributed by atoms with E-state index in [9.17, 15) is 9.90 Å². The molecule has 3 aromatic rings. The Morgan fingerprint density at radius 2 is 1.80 bits per heavy atom. The molecule has 3 heterocycles. The topological polar surface area (TPSA) is 91.8 Å². The molecule has 20 heavy (non-hydrogen) atoms. The minimum atomic E-state index is -0.577. The van der Waals surface area contributed by atoms with Crippen molar-refractivity contribution in [2.24, 2.45) is 0 Å². The third-order valence-corrected chi connectivity index (χ3v) is 3.32. The van der Waals surface area contributed by atoms with Crippen molar-refractivity contribution in [2.75, 3.05) is 0 Å². The van der Waals surface area contributed by atoms with Gasteiger partial charge in [-0.05, 0) is 6.07 Å². The van der Waals surface area contributed by atoms with Crippen molar-refractivity contribution in [3.05, 3.63) is 45.2 Å². The first-order valence-electron chi connectivity index (χ1n) is 5.46. The highest BCUT2D eigenvalue weighted by atomic mass is 35.5. The van der Waals surface area contributed by atoms with E-state index in [4.69, 9.17) is 23.2 Å². The molecule has 0 aromatic carbocycles. The number of halogens is 2. The molecule has 0 atom stereocenters. The van der Waals surface area contributed by atoms with Gasteiger partial charge in [0.1, 0.15) is 10.7 Å².